The highest BCUT2D eigenvalue weighted by atomic mass is 16.5. The van der Waals surface area contributed by atoms with Crippen LogP contribution >= 0.6 is 0 Å². The Labute approximate surface area is 106 Å². The van der Waals surface area contributed by atoms with Crippen LogP contribution in [0.5, 0.6) is 5.75 Å². The molecule has 0 bridgehead atoms. The number of nitrogen functional groups attached to an aromatic ring is 1. The van der Waals surface area contributed by atoms with Gasteiger partial charge >= 0.3 is 0 Å². The molecule has 1 aromatic carbocycles. The molecular weight excluding hydrogens is 234 g/mol. The van der Waals surface area contributed by atoms with E-state index in [0.717, 1.165) is 5.69 Å². The fourth-order valence-corrected chi connectivity index (χ4v) is 1.41. The molecule has 0 saturated heterocycles. The first-order chi connectivity index (χ1) is 8.65. The number of primary amides is 1. The van der Waals surface area contributed by atoms with Crippen molar-refractivity contribution >= 4 is 17.3 Å². The molecule has 5 N–H and O–H groups in total. The Bertz CT molecular complexity index is 396. The molecule has 1 amide bonds. The quantitative estimate of drug-likeness (QED) is 0.465. The molecule has 100 valence electrons. The Kier molecular flexibility index (Phi) is 5.79. The van der Waals surface area contributed by atoms with Crippen molar-refractivity contribution in [2.24, 2.45) is 5.73 Å². The van der Waals surface area contributed by atoms with Gasteiger partial charge in [-0.15, -0.1) is 0 Å². The number of anilines is 2. The Hall–Kier alpha value is -1.95. The summed E-state index contributed by atoms with van der Waals surface area (Å²) in [6.45, 7) is 3.30. The molecule has 0 aliphatic carbocycles. The fourth-order valence-electron chi connectivity index (χ4n) is 1.41. The minimum absolute atomic E-state index is 0.0733. The molecule has 0 spiro atoms. The van der Waals surface area contributed by atoms with Crippen LogP contribution in [0.2, 0.25) is 0 Å². The molecule has 0 saturated carbocycles. The zero-order chi connectivity index (χ0) is 13.4. The summed E-state index contributed by atoms with van der Waals surface area (Å²) >= 11 is 0. The molecule has 0 fully saturated rings. The zero-order valence-electron chi connectivity index (χ0n) is 10.4. The number of para-hydroxylation sites is 1. The van der Waals surface area contributed by atoms with E-state index < -0.39 is 5.91 Å². The molecule has 1 aromatic rings. The van der Waals surface area contributed by atoms with Crippen molar-refractivity contribution in [3.05, 3.63) is 18.2 Å². The topological polar surface area (TPSA) is 99.6 Å². The molecule has 0 radical (unpaired) electrons. The SMILES string of the molecule is CCOc1cccc(NCCOCC(N)=O)c1N. The van der Waals surface area contributed by atoms with E-state index in [9.17, 15) is 4.79 Å². The number of hydrogen-bond acceptors (Lipinski definition) is 5. The third kappa shape index (κ3) is 4.50. The van der Waals surface area contributed by atoms with Gasteiger partial charge in [-0.05, 0) is 19.1 Å². The molecule has 6 nitrogen and oxygen atoms in total. The summed E-state index contributed by atoms with van der Waals surface area (Å²) in [7, 11) is 0. The summed E-state index contributed by atoms with van der Waals surface area (Å²) in [5.41, 5.74) is 12.2. The zero-order valence-corrected chi connectivity index (χ0v) is 10.4. The third-order valence-electron chi connectivity index (χ3n) is 2.17. The van der Waals surface area contributed by atoms with E-state index in [1.165, 1.54) is 0 Å². The van der Waals surface area contributed by atoms with Crippen molar-refractivity contribution in [1.29, 1.82) is 0 Å². The Morgan fingerprint density at radius 1 is 1.44 bits per heavy atom. The number of benzene rings is 1. The molecule has 1 rings (SSSR count). The average molecular weight is 253 g/mol. The second kappa shape index (κ2) is 7.39. The summed E-state index contributed by atoms with van der Waals surface area (Å²) in [6.07, 6.45) is 0. The highest BCUT2D eigenvalue weighted by Crippen LogP contribution is 2.28. The highest BCUT2D eigenvalue weighted by Gasteiger charge is 2.04. The number of nitrogens with two attached hydrogens (primary N) is 2. The van der Waals surface area contributed by atoms with Crippen molar-refractivity contribution in [2.75, 3.05) is 37.4 Å². The van der Waals surface area contributed by atoms with Crippen LogP contribution in [0.4, 0.5) is 11.4 Å². The average Bonchev–Trinajstić information content (AvgIpc) is 2.33. The van der Waals surface area contributed by atoms with E-state index >= 15 is 0 Å². The maximum absolute atomic E-state index is 10.4. The standard InChI is InChI=1S/C12H19N3O3/c1-2-18-10-5-3-4-9(12(10)14)15-6-7-17-8-11(13)16/h3-5,15H,2,6-8,14H2,1H3,(H2,13,16). The number of amides is 1. The van der Waals surface area contributed by atoms with Crippen LogP contribution in [0.15, 0.2) is 18.2 Å². The van der Waals surface area contributed by atoms with Crippen LogP contribution in [-0.4, -0.2) is 32.3 Å². The van der Waals surface area contributed by atoms with Gasteiger partial charge in [-0.1, -0.05) is 6.07 Å². The number of rotatable bonds is 8. The molecule has 0 aromatic heterocycles. The van der Waals surface area contributed by atoms with Crippen LogP contribution in [0.1, 0.15) is 6.92 Å². The summed E-state index contributed by atoms with van der Waals surface area (Å²) in [5.74, 6) is 0.174. The van der Waals surface area contributed by atoms with E-state index in [-0.39, 0.29) is 6.61 Å². The molecule has 0 atom stereocenters. The fraction of sp³-hybridized carbons (Fsp3) is 0.417. The predicted molar refractivity (Wildman–Crippen MR) is 70.5 cm³/mol. The van der Waals surface area contributed by atoms with Crippen LogP contribution in [0.3, 0.4) is 0 Å². The van der Waals surface area contributed by atoms with Gasteiger partial charge in [0.25, 0.3) is 0 Å². The number of nitrogens with one attached hydrogen (secondary N) is 1. The monoisotopic (exact) mass is 253 g/mol. The van der Waals surface area contributed by atoms with Gasteiger partial charge in [-0.3, -0.25) is 4.79 Å². The smallest absolute Gasteiger partial charge is 0.243 e. The maximum atomic E-state index is 10.4. The van der Waals surface area contributed by atoms with Crippen molar-refractivity contribution in [1.82, 2.24) is 0 Å². The molecule has 0 aliphatic rings. The molecule has 0 unspecified atom stereocenters. The number of hydrogen-bond donors (Lipinski definition) is 3. The lowest BCUT2D eigenvalue weighted by Gasteiger charge is -2.13. The first kappa shape index (κ1) is 14.1. The maximum Gasteiger partial charge on any atom is 0.243 e. The lowest BCUT2D eigenvalue weighted by atomic mass is 10.2. The van der Waals surface area contributed by atoms with Gasteiger partial charge < -0.3 is 26.3 Å². The summed E-state index contributed by atoms with van der Waals surface area (Å²) < 4.78 is 10.4. The third-order valence-corrected chi connectivity index (χ3v) is 2.17. The van der Waals surface area contributed by atoms with Gasteiger partial charge in [0.2, 0.25) is 5.91 Å². The van der Waals surface area contributed by atoms with Crippen molar-refractivity contribution < 1.29 is 14.3 Å². The summed E-state index contributed by atoms with van der Waals surface area (Å²) in [4.78, 5) is 10.4. The Balaban J connectivity index is 2.42. The molecular formula is C12H19N3O3. The van der Waals surface area contributed by atoms with Gasteiger partial charge in [-0.25, -0.2) is 0 Å². The number of carbonyl (C=O) groups is 1. The largest absolute Gasteiger partial charge is 0.492 e. The van der Waals surface area contributed by atoms with E-state index in [0.29, 0.717) is 31.2 Å². The van der Waals surface area contributed by atoms with Crippen molar-refractivity contribution in [3.63, 3.8) is 0 Å². The van der Waals surface area contributed by atoms with Gasteiger partial charge in [0.1, 0.15) is 12.4 Å². The molecule has 0 heterocycles. The second-order valence-corrected chi connectivity index (χ2v) is 3.60. The Morgan fingerprint density at radius 2 is 2.22 bits per heavy atom. The predicted octanol–water partition coefficient (Wildman–Crippen LogP) is 0.581. The van der Waals surface area contributed by atoms with Crippen molar-refractivity contribution in [3.8, 4) is 5.75 Å². The summed E-state index contributed by atoms with van der Waals surface area (Å²) in [5, 5.41) is 3.10. The van der Waals surface area contributed by atoms with Crippen LogP contribution in [-0.2, 0) is 9.53 Å². The number of carbonyl (C=O) groups excluding carboxylic acids is 1. The molecule has 18 heavy (non-hydrogen) atoms. The van der Waals surface area contributed by atoms with E-state index in [1.54, 1.807) is 0 Å². The highest BCUT2D eigenvalue weighted by molar-refractivity contribution is 5.75. The van der Waals surface area contributed by atoms with Crippen molar-refractivity contribution in [2.45, 2.75) is 6.92 Å². The normalized spacial score (nSPS) is 10.1. The first-order valence-electron chi connectivity index (χ1n) is 5.76. The minimum Gasteiger partial charge on any atom is -0.492 e. The first-order valence-corrected chi connectivity index (χ1v) is 5.76. The lowest BCUT2D eigenvalue weighted by molar-refractivity contribution is -0.122. The van der Waals surface area contributed by atoms with Crippen LogP contribution in [0.25, 0.3) is 0 Å². The van der Waals surface area contributed by atoms with E-state index in [1.807, 2.05) is 25.1 Å². The van der Waals surface area contributed by atoms with E-state index in [4.69, 9.17) is 20.9 Å². The molecule has 0 aliphatic heterocycles. The lowest BCUT2D eigenvalue weighted by Crippen LogP contribution is -2.20. The van der Waals surface area contributed by atoms with Crippen LogP contribution in [0, 0.1) is 0 Å². The molecule has 6 heteroatoms. The van der Waals surface area contributed by atoms with Gasteiger partial charge in [0.15, 0.2) is 0 Å². The summed E-state index contributed by atoms with van der Waals surface area (Å²) in [6, 6.07) is 5.52. The van der Waals surface area contributed by atoms with Crippen LogP contribution < -0.4 is 21.5 Å². The number of ether oxygens (including phenoxy) is 2. The van der Waals surface area contributed by atoms with Gasteiger partial charge in [0, 0.05) is 6.54 Å². The Morgan fingerprint density at radius 3 is 2.89 bits per heavy atom. The van der Waals surface area contributed by atoms with Gasteiger partial charge in [-0.2, -0.15) is 0 Å². The van der Waals surface area contributed by atoms with E-state index in [2.05, 4.69) is 5.32 Å². The second-order valence-electron chi connectivity index (χ2n) is 3.60. The minimum atomic E-state index is -0.479. The van der Waals surface area contributed by atoms with Gasteiger partial charge in [0.05, 0.1) is 24.6 Å².